The molecule has 1 aliphatic heterocycles. The van der Waals surface area contributed by atoms with Crippen molar-refractivity contribution in [1.82, 2.24) is 9.88 Å². The number of carboxylic acid groups (broad SMARTS) is 6. The summed E-state index contributed by atoms with van der Waals surface area (Å²) in [5.41, 5.74) is -0.271. The van der Waals surface area contributed by atoms with Crippen molar-refractivity contribution < 1.29 is 81.8 Å². The van der Waals surface area contributed by atoms with Gasteiger partial charge in [-0.2, -0.15) is 13.2 Å². The Bertz CT molecular complexity index is 1680. The lowest BCUT2D eigenvalue weighted by Gasteiger charge is -2.14. The average molecular weight is 628 g/mol. The molecule has 3 heterocycles. The lowest BCUT2D eigenvalue weighted by molar-refractivity contribution is -0.153. The minimum atomic E-state index is -5.04. The Labute approximate surface area is 241 Å². The van der Waals surface area contributed by atoms with E-state index in [-0.39, 0.29) is 24.1 Å². The van der Waals surface area contributed by atoms with Crippen LogP contribution in [0.25, 0.3) is 10.9 Å². The Morgan fingerprint density at radius 3 is 1.86 bits per heavy atom. The molecule has 1 aliphatic rings. The summed E-state index contributed by atoms with van der Waals surface area (Å²) in [6.07, 6.45) is -6.48. The summed E-state index contributed by atoms with van der Waals surface area (Å²) in [4.78, 5) is 78.4. The molecule has 0 bridgehead atoms. The van der Waals surface area contributed by atoms with E-state index in [1.165, 1.54) is 0 Å². The summed E-state index contributed by atoms with van der Waals surface area (Å²) in [5, 5.41) is 52.0. The van der Waals surface area contributed by atoms with E-state index >= 15 is 0 Å². The van der Waals surface area contributed by atoms with Crippen LogP contribution in [0.2, 0.25) is 0 Å². The molecule has 0 saturated carbocycles. The molecule has 0 aliphatic carbocycles. The van der Waals surface area contributed by atoms with Crippen LogP contribution in [0.1, 0.15) is 65.9 Å². The maximum absolute atomic E-state index is 12.1. The number of fused-ring (bicyclic) bond motifs is 1. The highest BCUT2D eigenvalue weighted by Crippen LogP contribution is 2.34. The summed E-state index contributed by atoms with van der Waals surface area (Å²) < 4.78 is 40.3. The van der Waals surface area contributed by atoms with Gasteiger partial charge in [0.2, 0.25) is 17.4 Å². The van der Waals surface area contributed by atoms with E-state index < -0.39 is 71.1 Å². The molecule has 4 rings (SSSR count). The quantitative estimate of drug-likeness (QED) is 0.236. The Kier molecular flexibility index (Phi) is 10.3. The van der Waals surface area contributed by atoms with Gasteiger partial charge in [0.05, 0.1) is 11.1 Å². The van der Waals surface area contributed by atoms with Crippen molar-refractivity contribution >= 4 is 52.7 Å². The number of aliphatic carboxylic acids is 1. The largest absolute Gasteiger partial charge is 0.480 e. The van der Waals surface area contributed by atoms with Crippen LogP contribution in [0.5, 0.6) is 0 Å². The number of aromatic carboxylic acids is 4. The minimum Gasteiger partial charge on any atom is -0.480 e. The molecular weight excluding hydrogens is 609 g/mol. The molecule has 6 N–H and O–H groups in total. The van der Waals surface area contributed by atoms with Crippen molar-refractivity contribution in [2.24, 2.45) is 0 Å². The van der Waals surface area contributed by atoms with Gasteiger partial charge in [-0.1, -0.05) is 11.6 Å². The number of rotatable bonds is 5. The second kappa shape index (κ2) is 13.3. The van der Waals surface area contributed by atoms with E-state index in [1.54, 1.807) is 18.2 Å². The fourth-order valence-corrected chi connectivity index (χ4v) is 3.65. The number of hydrogen-bond acceptors (Lipinski definition) is 9. The number of alkyl halides is 3. The predicted octanol–water partition coefficient (Wildman–Crippen LogP) is 3.37. The van der Waals surface area contributed by atoms with Crippen LogP contribution in [0.15, 0.2) is 34.7 Å². The first-order valence-electron chi connectivity index (χ1n) is 11.6. The Morgan fingerprint density at radius 2 is 1.45 bits per heavy atom. The first-order chi connectivity index (χ1) is 20.3. The second-order valence-electron chi connectivity index (χ2n) is 8.59. The summed E-state index contributed by atoms with van der Waals surface area (Å²) in [6.45, 7) is 1.83. The van der Waals surface area contributed by atoms with E-state index in [9.17, 15) is 46.7 Å². The molecule has 234 valence electrons. The van der Waals surface area contributed by atoms with Gasteiger partial charge in [-0.25, -0.2) is 38.7 Å². The third-order valence-corrected chi connectivity index (χ3v) is 5.55. The van der Waals surface area contributed by atoms with Crippen molar-refractivity contribution in [3.8, 4) is 0 Å². The number of furan rings is 1. The van der Waals surface area contributed by atoms with E-state index in [0.717, 1.165) is 11.6 Å². The molecule has 1 saturated heterocycles. The smallest absolute Gasteiger partial charge is 0.450 e. The number of imide groups is 1. The van der Waals surface area contributed by atoms with Gasteiger partial charge in [-0.15, -0.1) is 0 Å². The molecule has 0 spiro atoms. The molecule has 2 aromatic heterocycles. The highest BCUT2D eigenvalue weighted by molar-refractivity contribution is 6.05. The Hall–Kier alpha value is -6.01. The highest BCUT2D eigenvalue weighted by Gasteiger charge is 2.41. The Morgan fingerprint density at radius 1 is 0.864 bits per heavy atom. The zero-order chi connectivity index (χ0) is 33.7. The number of carboxylic acids is 5. The first kappa shape index (κ1) is 34.2. The number of amides is 2. The number of hydrogen-bond donors (Lipinski definition) is 6. The highest BCUT2D eigenvalue weighted by atomic mass is 19.4. The van der Waals surface area contributed by atoms with Crippen LogP contribution in [0.3, 0.4) is 0 Å². The number of carbonyl (C=O) groups excluding carboxylic acids is 1. The summed E-state index contributed by atoms with van der Waals surface area (Å²) in [5.74, 6) is -10.9. The molecular formula is C25H19F3N2O14. The monoisotopic (exact) mass is 628 g/mol. The van der Waals surface area contributed by atoms with E-state index in [0.29, 0.717) is 21.9 Å². The zero-order valence-electron chi connectivity index (χ0n) is 21.9. The molecule has 1 unspecified atom stereocenters. The van der Waals surface area contributed by atoms with Crippen LogP contribution in [0, 0.1) is 6.92 Å². The molecule has 1 aromatic carbocycles. The molecule has 0 radical (unpaired) electrons. The number of aromatic nitrogens is 1. The molecule has 2 amide bonds. The summed E-state index contributed by atoms with van der Waals surface area (Å²) in [7, 11) is 0. The standard InChI is InChI=1S/C12H9NO4.C7H3F3O5.C6H7NO5/c1-6-2-3-9-7(4-6)8(11(14)15)5-10(13-9)12(16)17;8-7(9,10)4-2(5(11)12)1-3(15-4)6(13)14;8-4-2-1-3(5(9)10)7(4)6(11)12/h2-5H,1H3,(H,14,15)(H,16,17);1H,(H,11,12)(H,13,14);3H,1-2H2,(H,9,10)(H,11,12). The fraction of sp³-hybridized carbons (Fsp3) is 0.200. The summed E-state index contributed by atoms with van der Waals surface area (Å²) >= 11 is 0. The summed E-state index contributed by atoms with van der Waals surface area (Å²) in [6, 6.07) is 5.24. The van der Waals surface area contributed by atoms with Gasteiger partial charge in [-0.3, -0.25) is 4.79 Å². The molecule has 19 heteroatoms. The molecule has 1 atom stereocenters. The van der Waals surface area contributed by atoms with Crippen molar-refractivity contribution in [2.45, 2.75) is 32.0 Å². The number of aryl methyl sites for hydroxylation is 1. The lowest BCUT2D eigenvalue weighted by Crippen LogP contribution is -2.41. The van der Waals surface area contributed by atoms with Crippen LogP contribution >= 0.6 is 0 Å². The molecule has 44 heavy (non-hydrogen) atoms. The van der Waals surface area contributed by atoms with Crippen LogP contribution in [-0.2, 0) is 15.8 Å². The number of carbonyl (C=O) groups is 7. The first-order valence-corrected chi connectivity index (χ1v) is 11.6. The minimum absolute atomic E-state index is 0.0106. The lowest BCUT2D eigenvalue weighted by atomic mass is 10.1. The fourth-order valence-electron chi connectivity index (χ4n) is 3.65. The van der Waals surface area contributed by atoms with Gasteiger partial charge in [0.15, 0.2) is 0 Å². The van der Waals surface area contributed by atoms with Gasteiger partial charge in [0.25, 0.3) is 0 Å². The number of nitrogens with zero attached hydrogens (tertiary/aromatic N) is 2. The third-order valence-electron chi connectivity index (χ3n) is 5.55. The normalized spacial score (nSPS) is 14.1. The van der Waals surface area contributed by atoms with Crippen LogP contribution in [0.4, 0.5) is 18.0 Å². The third kappa shape index (κ3) is 8.05. The van der Waals surface area contributed by atoms with Gasteiger partial charge in [0.1, 0.15) is 17.3 Å². The average Bonchev–Trinajstić information content (AvgIpc) is 3.54. The van der Waals surface area contributed by atoms with E-state index in [4.69, 9.17) is 30.6 Å². The number of halogens is 3. The number of pyridine rings is 1. The second-order valence-corrected chi connectivity index (χ2v) is 8.59. The van der Waals surface area contributed by atoms with Crippen molar-refractivity contribution in [1.29, 1.82) is 0 Å². The predicted molar refractivity (Wildman–Crippen MR) is 134 cm³/mol. The maximum atomic E-state index is 12.1. The topological polar surface area (TPSA) is 270 Å². The van der Waals surface area contributed by atoms with E-state index in [2.05, 4.69) is 9.40 Å². The SMILES string of the molecule is Cc1ccc2nc(C(=O)O)cc(C(=O)O)c2c1.O=C(O)C1CCC(=O)N1C(=O)O.O=C(O)c1cc(C(=O)O)c(C(F)(F)F)o1. The number of likely N-dealkylation sites (tertiary alicyclic amines) is 1. The van der Waals surface area contributed by atoms with Gasteiger partial charge >= 0.3 is 42.1 Å². The Balaban J connectivity index is 0.000000234. The molecule has 16 nitrogen and oxygen atoms in total. The molecule has 1 fully saturated rings. The van der Waals surface area contributed by atoms with Crippen LogP contribution in [-0.4, -0.2) is 88.4 Å². The van der Waals surface area contributed by atoms with Crippen molar-refractivity contribution in [3.05, 3.63) is 64.2 Å². The number of benzene rings is 1. The van der Waals surface area contributed by atoms with Gasteiger partial charge < -0.3 is 35.1 Å². The molecule has 3 aromatic rings. The van der Waals surface area contributed by atoms with Crippen LogP contribution < -0.4 is 0 Å². The van der Waals surface area contributed by atoms with Crippen molar-refractivity contribution in [3.63, 3.8) is 0 Å². The zero-order valence-corrected chi connectivity index (χ0v) is 21.9. The van der Waals surface area contributed by atoms with Crippen molar-refractivity contribution in [2.75, 3.05) is 0 Å². The van der Waals surface area contributed by atoms with E-state index in [1.807, 2.05) is 6.92 Å². The maximum Gasteiger partial charge on any atom is 0.450 e. The van der Waals surface area contributed by atoms with Gasteiger partial charge in [0, 0.05) is 17.9 Å². The van der Waals surface area contributed by atoms with Gasteiger partial charge in [-0.05, 0) is 31.5 Å².